The molecule has 0 aliphatic heterocycles. The number of alkyl halides is 3. The van der Waals surface area contributed by atoms with Gasteiger partial charge in [0, 0.05) is 36.4 Å². The third-order valence-corrected chi connectivity index (χ3v) is 4.82. The van der Waals surface area contributed by atoms with Crippen molar-refractivity contribution in [3.05, 3.63) is 90.0 Å². The molecule has 0 N–H and O–H groups in total. The van der Waals surface area contributed by atoms with E-state index in [9.17, 15) is 13.2 Å². The highest BCUT2D eigenvalue weighted by atomic mass is 19.4. The highest BCUT2D eigenvalue weighted by Crippen LogP contribution is 2.36. The van der Waals surface area contributed by atoms with Gasteiger partial charge in [0.25, 0.3) is 0 Å². The Morgan fingerprint density at radius 3 is 2.55 bits per heavy atom. The largest absolute Gasteiger partial charge is 0.418 e. The van der Waals surface area contributed by atoms with Crippen molar-refractivity contribution in [2.24, 2.45) is 0 Å². The fraction of sp³-hybridized carbons (Fsp3) is 0.208. The van der Waals surface area contributed by atoms with Crippen LogP contribution in [-0.4, -0.2) is 21.6 Å². The molecule has 4 aromatic rings. The van der Waals surface area contributed by atoms with Crippen LogP contribution in [0, 0.1) is 0 Å². The van der Waals surface area contributed by atoms with E-state index in [4.69, 9.17) is 4.74 Å². The number of halogens is 3. The van der Waals surface area contributed by atoms with Crippen molar-refractivity contribution in [1.82, 2.24) is 15.0 Å². The summed E-state index contributed by atoms with van der Waals surface area (Å²) in [6.07, 6.45) is -0.0665. The maximum Gasteiger partial charge on any atom is 0.418 e. The molecule has 0 atom stereocenters. The summed E-state index contributed by atoms with van der Waals surface area (Å²) in [7, 11) is 0. The van der Waals surface area contributed by atoms with E-state index in [0.29, 0.717) is 36.5 Å². The summed E-state index contributed by atoms with van der Waals surface area (Å²) in [5, 5.41) is 0.761. The number of hydrogen-bond donors (Lipinski definition) is 0. The van der Waals surface area contributed by atoms with Crippen molar-refractivity contribution in [3.8, 4) is 11.3 Å². The third-order valence-electron chi connectivity index (χ3n) is 4.82. The Morgan fingerprint density at radius 2 is 1.74 bits per heavy atom. The Balaban J connectivity index is 1.46. The molecular weight excluding hydrogens is 403 g/mol. The van der Waals surface area contributed by atoms with Crippen molar-refractivity contribution in [3.63, 3.8) is 0 Å². The van der Waals surface area contributed by atoms with Crippen molar-refractivity contribution < 1.29 is 17.9 Å². The maximum atomic E-state index is 13.3. The van der Waals surface area contributed by atoms with Crippen LogP contribution in [-0.2, 0) is 23.9 Å². The van der Waals surface area contributed by atoms with Gasteiger partial charge in [0.1, 0.15) is 5.82 Å². The molecule has 0 fully saturated rings. The molecule has 7 heteroatoms. The number of pyridine rings is 1. The molecule has 31 heavy (non-hydrogen) atoms. The summed E-state index contributed by atoms with van der Waals surface area (Å²) in [6, 6.07) is 17.2. The molecule has 0 spiro atoms. The number of hydrogen-bond acceptors (Lipinski definition) is 4. The number of nitrogens with zero attached hydrogens (tertiary/aromatic N) is 3. The Hall–Kier alpha value is -3.32. The van der Waals surface area contributed by atoms with Gasteiger partial charge in [-0.15, -0.1) is 0 Å². The van der Waals surface area contributed by atoms with E-state index < -0.39 is 11.7 Å². The van der Waals surface area contributed by atoms with Crippen LogP contribution in [0.4, 0.5) is 13.2 Å². The fourth-order valence-corrected chi connectivity index (χ4v) is 3.29. The number of ether oxygens (including phenoxy) is 1. The molecule has 4 rings (SSSR count). The highest BCUT2D eigenvalue weighted by Gasteiger charge is 2.34. The van der Waals surface area contributed by atoms with Crippen LogP contribution in [0.2, 0.25) is 0 Å². The van der Waals surface area contributed by atoms with Gasteiger partial charge in [-0.3, -0.25) is 4.98 Å². The molecule has 0 saturated heterocycles. The van der Waals surface area contributed by atoms with Gasteiger partial charge in [0.15, 0.2) is 0 Å². The number of rotatable bonds is 7. The van der Waals surface area contributed by atoms with E-state index in [0.717, 1.165) is 23.4 Å². The molecule has 2 aromatic carbocycles. The third kappa shape index (κ3) is 5.24. The SMILES string of the molecule is FC(F)(F)c1cccnc1-c1ccc2cnc(CCCOCc3ccccc3)nc2c1. The van der Waals surface area contributed by atoms with Crippen LogP contribution in [0.3, 0.4) is 0 Å². The first-order valence-corrected chi connectivity index (χ1v) is 9.90. The zero-order valence-electron chi connectivity index (χ0n) is 16.6. The maximum absolute atomic E-state index is 13.3. The number of fused-ring (bicyclic) bond motifs is 1. The van der Waals surface area contributed by atoms with Crippen molar-refractivity contribution in [2.75, 3.05) is 6.61 Å². The number of benzene rings is 2. The van der Waals surface area contributed by atoms with Gasteiger partial charge < -0.3 is 4.74 Å². The first-order chi connectivity index (χ1) is 15.0. The zero-order chi connectivity index (χ0) is 21.7. The Labute approximate surface area is 177 Å². The molecule has 0 aliphatic carbocycles. The lowest BCUT2D eigenvalue weighted by Gasteiger charge is -2.12. The monoisotopic (exact) mass is 423 g/mol. The van der Waals surface area contributed by atoms with Gasteiger partial charge in [0.05, 0.1) is 23.4 Å². The Morgan fingerprint density at radius 1 is 0.903 bits per heavy atom. The average molecular weight is 423 g/mol. The van der Waals surface area contributed by atoms with Crippen LogP contribution >= 0.6 is 0 Å². The van der Waals surface area contributed by atoms with Crippen LogP contribution in [0.1, 0.15) is 23.4 Å². The van der Waals surface area contributed by atoms with Gasteiger partial charge in [-0.1, -0.05) is 42.5 Å². The van der Waals surface area contributed by atoms with Crippen LogP contribution in [0.15, 0.2) is 73.1 Å². The molecular formula is C24H20F3N3O. The van der Waals surface area contributed by atoms with Gasteiger partial charge in [-0.05, 0) is 30.2 Å². The second-order valence-electron chi connectivity index (χ2n) is 7.10. The second-order valence-corrected chi connectivity index (χ2v) is 7.10. The summed E-state index contributed by atoms with van der Waals surface area (Å²) < 4.78 is 45.7. The van der Waals surface area contributed by atoms with Crippen molar-refractivity contribution in [1.29, 1.82) is 0 Å². The van der Waals surface area contributed by atoms with Crippen molar-refractivity contribution in [2.45, 2.75) is 25.6 Å². The molecule has 0 saturated carbocycles. The summed E-state index contributed by atoms with van der Waals surface area (Å²) in [5.41, 5.74) is 1.21. The second kappa shape index (κ2) is 9.22. The molecule has 2 aromatic heterocycles. The average Bonchev–Trinajstić information content (AvgIpc) is 2.78. The smallest absolute Gasteiger partial charge is 0.377 e. The van der Waals surface area contributed by atoms with Gasteiger partial charge in [-0.25, -0.2) is 9.97 Å². The molecule has 0 unspecified atom stereocenters. The Bertz CT molecular complexity index is 1160. The molecule has 0 radical (unpaired) electrons. The number of aromatic nitrogens is 3. The molecule has 0 amide bonds. The molecule has 4 nitrogen and oxygen atoms in total. The lowest BCUT2D eigenvalue weighted by Crippen LogP contribution is -2.08. The Kier molecular flexibility index (Phi) is 6.23. The minimum atomic E-state index is -4.48. The van der Waals surface area contributed by atoms with Gasteiger partial charge in [0.2, 0.25) is 0 Å². The predicted octanol–water partition coefficient (Wildman–Crippen LogP) is 5.86. The topological polar surface area (TPSA) is 47.9 Å². The van der Waals surface area contributed by atoms with E-state index >= 15 is 0 Å². The fourth-order valence-electron chi connectivity index (χ4n) is 3.29. The summed E-state index contributed by atoms with van der Waals surface area (Å²) in [4.78, 5) is 12.9. The van der Waals surface area contributed by atoms with Crippen LogP contribution < -0.4 is 0 Å². The van der Waals surface area contributed by atoms with E-state index in [1.165, 1.54) is 12.3 Å². The summed E-state index contributed by atoms with van der Waals surface area (Å²) in [5.74, 6) is 0.630. The summed E-state index contributed by atoms with van der Waals surface area (Å²) in [6.45, 7) is 1.12. The van der Waals surface area contributed by atoms with E-state index in [2.05, 4.69) is 15.0 Å². The normalized spacial score (nSPS) is 11.7. The number of aryl methyl sites for hydroxylation is 1. The van der Waals surface area contributed by atoms with Crippen LogP contribution in [0.25, 0.3) is 22.2 Å². The molecule has 2 heterocycles. The predicted molar refractivity (Wildman–Crippen MR) is 112 cm³/mol. The quantitative estimate of drug-likeness (QED) is 0.349. The van der Waals surface area contributed by atoms with E-state index in [-0.39, 0.29) is 5.69 Å². The highest BCUT2D eigenvalue weighted by molar-refractivity contribution is 5.83. The van der Waals surface area contributed by atoms with Gasteiger partial charge in [-0.2, -0.15) is 13.2 Å². The minimum absolute atomic E-state index is 0.105. The lowest BCUT2D eigenvalue weighted by molar-refractivity contribution is -0.137. The minimum Gasteiger partial charge on any atom is -0.377 e. The van der Waals surface area contributed by atoms with Gasteiger partial charge >= 0.3 is 6.18 Å². The molecule has 158 valence electrons. The molecule has 0 bridgehead atoms. The first-order valence-electron chi connectivity index (χ1n) is 9.90. The zero-order valence-corrected chi connectivity index (χ0v) is 16.6. The molecule has 0 aliphatic rings. The first kappa shape index (κ1) is 20.9. The lowest BCUT2D eigenvalue weighted by atomic mass is 10.0. The van der Waals surface area contributed by atoms with E-state index in [1.807, 2.05) is 30.3 Å². The van der Waals surface area contributed by atoms with E-state index in [1.54, 1.807) is 24.4 Å². The van der Waals surface area contributed by atoms with Crippen LogP contribution in [0.5, 0.6) is 0 Å². The summed E-state index contributed by atoms with van der Waals surface area (Å²) >= 11 is 0. The standard InChI is InChI=1S/C24H20F3N3O/c25-24(26,27)20-8-4-12-28-23(20)18-10-11-19-15-29-22(30-21(19)14-18)9-5-13-31-16-17-6-2-1-3-7-17/h1-4,6-8,10-12,14-15H,5,9,13,16H2. The van der Waals surface area contributed by atoms with Crippen molar-refractivity contribution >= 4 is 10.9 Å².